The second-order valence-corrected chi connectivity index (χ2v) is 5.75. The first-order chi connectivity index (χ1) is 12.1. The van der Waals surface area contributed by atoms with Gasteiger partial charge in [-0.3, -0.25) is 4.98 Å². The van der Waals surface area contributed by atoms with E-state index in [4.69, 9.17) is 4.74 Å². The summed E-state index contributed by atoms with van der Waals surface area (Å²) in [6.45, 7) is 0.145. The van der Waals surface area contributed by atoms with Crippen LogP contribution in [0.4, 0.5) is 4.39 Å². The zero-order valence-corrected chi connectivity index (χ0v) is 13.3. The van der Waals surface area contributed by atoms with Gasteiger partial charge in [-0.2, -0.15) is 5.26 Å². The highest BCUT2D eigenvalue weighted by Gasteiger charge is 2.29. The van der Waals surface area contributed by atoms with Crippen LogP contribution in [0.3, 0.4) is 0 Å². The standard InChI is InChI=1S/C19H12FN3O2/c1-23-9-14(13-6-7-22-15-10-25-19(24)18(13)15)17(16(23)8-21)11-2-4-12(20)5-3-11/h2-7,9H,10H2,1H3. The summed E-state index contributed by atoms with van der Waals surface area (Å²) in [6.07, 6.45) is 3.40. The van der Waals surface area contributed by atoms with Gasteiger partial charge in [-0.15, -0.1) is 0 Å². The van der Waals surface area contributed by atoms with Crippen LogP contribution < -0.4 is 0 Å². The number of hydrogen-bond donors (Lipinski definition) is 0. The largest absolute Gasteiger partial charge is 0.455 e. The van der Waals surface area contributed by atoms with Gasteiger partial charge in [0.15, 0.2) is 0 Å². The van der Waals surface area contributed by atoms with Gasteiger partial charge in [0.1, 0.15) is 24.2 Å². The molecule has 1 aliphatic rings. The molecule has 3 aromatic rings. The Balaban J connectivity index is 2.02. The fourth-order valence-corrected chi connectivity index (χ4v) is 3.15. The van der Waals surface area contributed by atoms with Crippen LogP contribution >= 0.6 is 0 Å². The lowest BCUT2D eigenvalue weighted by atomic mass is 9.94. The number of nitrogens with zero attached hydrogens (tertiary/aromatic N) is 3. The molecule has 0 N–H and O–H groups in total. The van der Waals surface area contributed by atoms with Gasteiger partial charge in [0.2, 0.25) is 0 Å². The molecule has 25 heavy (non-hydrogen) atoms. The molecule has 0 saturated heterocycles. The van der Waals surface area contributed by atoms with Gasteiger partial charge in [-0.05, 0) is 23.8 Å². The maximum absolute atomic E-state index is 13.3. The molecule has 0 saturated carbocycles. The maximum Gasteiger partial charge on any atom is 0.341 e. The molecule has 0 unspecified atom stereocenters. The smallest absolute Gasteiger partial charge is 0.341 e. The van der Waals surface area contributed by atoms with Crippen molar-refractivity contribution in [1.82, 2.24) is 9.55 Å². The maximum atomic E-state index is 13.3. The highest BCUT2D eigenvalue weighted by atomic mass is 19.1. The molecular formula is C19H12FN3O2. The van der Waals surface area contributed by atoms with E-state index < -0.39 is 5.97 Å². The van der Waals surface area contributed by atoms with Gasteiger partial charge in [0, 0.05) is 36.1 Å². The summed E-state index contributed by atoms with van der Waals surface area (Å²) in [6, 6.07) is 9.85. The van der Waals surface area contributed by atoms with E-state index >= 15 is 0 Å². The molecule has 0 spiro atoms. The number of halogens is 1. The van der Waals surface area contributed by atoms with Crippen LogP contribution in [-0.4, -0.2) is 15.5 Å². The minimum Gasteiger partial charge on any atom is -0.455 e. The number of carbonyl (C=O) groups is 1. The fourth-order valence-electron chi connectivity index (χ4n) is 3.15. The lowest BCUT2D eigenvalue weighted by Crippen LogP contribution is -1.98. The molecule has 6 heteroatoms. The molecular weight excluding hydrogens is 321 g/mol. The van der Waals surface area contributed by atoms with E-state index in [0.29, 0.717) is 39.2 Å². The van der Waals surface area contributed by atoms with Crippen molar-refractivity contribution >= 4 is 5.97 Å². The van der Waals surface area contributed by atoms with Crippen molar-refractivity contribution in [3.63, 3.8) is 0 Å². The SMILES string of the molecule is Cn1cc(-c2ccnc3c2C(=O)OC3)c(-c2ccc(F)cc2)c1C#N. The van der Waals surface area contributed by atoms with Crippen molar-refractivity contribution in [3.8, 4) is 28.3 Å². The van der Waals surface area contributed by atoms with E-state index in [2.05, 4.69) is 11.1 Å². The number of pyridine rings is 1. The number of esters is 1. The summed E-state index contributed by atoms with van der Waals surface area (Å²) in [5, 5.41) is 9.57. The molecule has 122 valence electrons. The monoisotopic (exact) mass is 333 g/mol. The van der Waals surface area contributed by atoms with Gasteiger partial charge in [-0.1, -0.05) is 12.1 Å². The zero-order valence-electron chi connectivity index (χ0n) is 13.3. The lowest BCUT2D eigenvalue weighted by Gasteiger charge is -2.08. The minimum atomic E-state index is -0.425. The molecule has 3 heterocycles. The fraction of sp³-hybridized carbons (Fsp3) is 0.105. The number of rotatable bonds is 2. The number of aryl methyl sites for hydroxylation is 1. The van der Waals surface area contributed by atoms with E-state index in [1.807, 2.05) is 0 Å². The van der Waals surface area contributed by atoms with Gasteiger partial charge < -0.3 is 9.30 Å². The summed E-state index contributed by atoms with van der Waals surface area (Å²) in [4.78, 5) is 16.3. The summed E-state index contributed by atoms with van der Waals surface area (Å²) >= 11 is 0. The Bertz CT molecular complexity index is 1050. The normalized spacial score (nSPS) is 12.6. The van der Waals surface area contributed by atoms with E-state index in [1.165, 1.54) is 12.1 Å². The van der Waals surface area contributed by atoms with Crippen LogP contribution in [-0.2, 0) is 18.4 Å². The Labute approximate surface area is 142 Å². The minimum absolute atomic E-state index is 0.145. The Morgan fingerprint density at radius 1 is 1.20 bits per heavy atom. The first kappa shape index (κ1) is 15.1. The number of aromatic nitrogens is 2. The highest BCUT2D eigenvalue weighted by molar-refractivity contribution is 6.02. The van der Waals surface area contributed by atoms with Crippen LogP contribution in [0.25, 0.3) is 22.3 Å². The highest BCUT2D eigenvalue weighted by Crippen LogP contribution is 2.39. The molecule has 0 aliphatic carbocycles. The molecule has 2 aromatic heterocycles. The molecule has 5 nitrogen and oxygen atoms in total. The van der Waals surface area contributed by atoms with Crippen molar-refractivity contribution in [2.75, 3.05) is 0 Å². The van der Waals surface area contributed by atoms with Crippen LogP contribution in [0.1, 0.15) is 21.7 Å². The van der Waals surface area contributed by atoms with E-state index in [1.54, 1.807) is 42.2 Å². The van der Waals surface area contributed by atoms with Crippen LogP contribution in [0.5, 0.6) is 0 Å². The summed E-state index contributed by atoms with van der Waals surface area (Å²) in [5.74, 6) is -0.779. The molecule has 4 rings (SSSR count). The van der Waals surface area contributed by atoms with Crippen molar-refractivity contribution in [1.29, 1.82) is 5.26 Å². The predicted molar refractivity (Wildman–Crippen MR) is 87.9 cm³/mol. The first-order valence-corrected chi connectivity index (χ1v) is 7.61. The number of cyclic esters (lactones) is 1. The molecule has 1 aliphatic heterocycles. The van der Waals surface area contributed by atoms with Crippen molar-refractivity contribution in [2.45, 2.75) is 6.61 Å². The quantitative estimate of drug-likeness (QED) is 0.674. The van der Waals surface area contributed by atoms with Gasteiger partial charge in [-0.25, -0.2) is 9.18 Å². The van der Waals surface area contributed by atoms with Gasteiger partial charge in [0.25, 0.3) is 0 Å². The average Bonchev–Trinajstić information content (AvgIpc) is 3.16. The summed E-state index contributed by atoms with van der Waals surface area (Å²) in [5.41, 5.74) is 4.14. The lowest BCUT2D eigenvalue weighted by molar-refractivity contribution is 0.0534. The number of carbonyl (C=O) groups excluding carboxylic acids is 1. The van der Waals surface area contributed by atoms with Crippen molar-refractivity contribution in [3.05, 3.63) is 65.5 Å². The topological polar surface area (TPSA) is 67.9 Å². The number of ether oxygens (including phenoxy) is 1. The Hall–Kier alpha value is -3.46. The van der Waals surface area contributed by atoms with Gasteiger partial charge in [0.05, 0.1) is 11.3 Å². The molecule has 0 amide bonds. The third-order valence-electron chi connectivity index (χ3n) is 4.28. The summed E-state index contributed by atoms with van der Waals surface area (Å²) in [7, 11) is 1.76. The Morgan fingerprint density at radius 3 is 2.68 bits per heavy atom. The first-order valence-electron chi connectivity index (χ1n) is 7.61. The van der Waals surface area contributed by atoms with E-state index in [9.17, 15) is 14.4 Å². The Morgan fingerprint density at radius 2 is 1.96 bits per heavy atom. The molecule has 1 aromatic carbocycles. The number of benzene rings is 1. The van der Waals surface area contributed by atoms with Crippen molar-refractivity contribution < 1.29 is 13.9 Å². The molecule has 0 fully saturated rings. The number of fused-ring (bicyclic) bond motifs is 1. The number of hydrogen-bond acceptors (Lipinski definition) is 4. The third-order valence-corrected chi connectivity index (χ3v) is 4.28. The Kier molecular flexibility index (Phi) is 3.36. The predicted octanol–water partition coefficient (Wildman–Crippen LogP) is 3.44. The molecule has 0 atom stereocenters. The molecule has 0 bridgehead atoms. The molecule has 0 radical (unpaired) electrons. The number of nitriles is 1. The van der Waals surface area contributed by atoms with Crippen LogP contribution in [0, 0.1) is 17.1 Å². The van der Waals surface area contributed by atoms with E-state index in [0.717, 1.165) is 0 Å². The van der Waals surface area contributed by atoms with Crippen molar-refractivity contribution in [2.24, 2.45) is 7.05 Å². The second kappa shape index (κ2) is 5.56. The third kappa shape index (κ3) is 2.29. The van der Waals surface area contributed by atoms with Crippen LogP contribution in [0.15, 0.2) is 42.7 Å². The van der Waals surface area contributed by atoms with E-state index in [-0.39, 0.29) is 12.4 Å². The summed E-state index contributed by atoms with van der Waals surface area (Å²) < 4.78 is 20.1. The second-order valence-electron chi connectivity index (χ2n) is 5.75. The average molecular weight is 333 g/mol. The zero-order chi connectivity index (χ0) is 17.6. The van der Waals surface area contributed by atoms with Crippen LogP contribution in [0.2, 0.25) is 0 Å². The van der Waals surface area contributed by atoms with Gasteiger partial charge >= 0.3 is 5.97 Å².